The third-order valence-corrected chi connectivity index (χ3v) is 3.93. The van der Waals surface area contributed by atoms with E-state index in [1.54, 1.807) is 23.9 Å². The molecular formula is C13H17N3OS. The zero-order valence-corrected chi connectivity index (χ0v) is 11.5. The molecule has 4 nitrogen and oxygen atoms in total. The average molecular weight is 263 g/mol. The lowest BCUT2D eigenvalue weighted by Crippen LogP contribution is -2.26. The van der Waals surface area contributed by atoms with Crippen molar-refractivity contribution in [1.29, 1.82) is 0 Å². The quantitative estimate of drug-likeness (QED) is 0.899. The summed E-state index contributed by atoms with van der Waals surface area (Å²) in [5.41, 5.74) is 1.26. The van der Waals surface area contributed by atoms with Crippen LogP contribution in [0.4, 0.5) is 0 Å². The van der Waals surface area contributed by atoms with E-state index in [-0.39, 0.29) is 5.91 Å². The molecule has 96 valence electrons. The van der Waals surface area contributed by atoms with Crippen LogP contribution in [-0.4, -0.2) is 22.0 Å². The monoisotopic (exact) mass is 263 g/mol. The van der Waals surface area contributed by atoms with Crippen molar-refractivity contribution in [1.82, 2.24) is 14.9 Å². The van der Waals surface area contributed by atoms with Crippen molar-refractivity contribution in [2.75, 3.05) is 6.54 Å². The normalized spacial score (nSPS) is 10.6. The van der Waals surface area contributed by atoms with Gasteiger partial charge in [0.05, 0.1) is 11.2 Å². The number of imidazole rings is 1. The Balaban J connectivity index is 1.87. The maximum atomic E-state index is 11.9. The molecule has 2 aromatic heterocycles. The minimum Gasteiger partial charge on any atom is -0.350 e. The van der Waals surface area contributed by atoms with E-state index in [9.17, 15) is 4.79 Å². The molecule has 2 heterocycles. The first-order valence-electron chi connectivity index (χ1n) is 6.04. The SMILES string of the molecule is CCc1cc(C(=O)NCCn2ccnc2)sc1C. The summed E-state index contributed by atoms with van der Waals surface area (Å²) in [5.74, 6) is 0.0166. The zero-order valence-electron chi connectivity index (χ0n) is 10.6. The van der Waals surface area contributed by atoms with E-state index in [4.69, 9.17) is 0 Å². The van der Waals surface area contributed by atoms with E-state index in [1.807, 2.05) is 16.8 Å². The molecule has 2 rings (SSSR count). The maximum Gasteiger partial charge on any atom is 0.261 e. The van der Waals surface area contributed by atoms with Gasteiger partial charge in [0.15, 0.2) is 0 Å². The molecule has 0 atom stereocenters. The van der Waals surface area contributed by atoms with E-state index >= 15 is 0 Å². The third-order valence-electron chi connectivity index (χ3n) is 2.84. The topological polar surface area (TPSA) is 46.9 Å². The van der Waals surface area contributed by atoms with Crippen LogP contribution in [0.1, 0.15) is 27.0 Å². The molecule has 0 unspecified atom stereocenters. The Morgan fingerprint density at radius 2 is 2.39 bits per heavy atom. The number of carbonyl (C=O) groups excluding carboxylic acids is 1. The molecule has 18 heavy (non-hydrogen) atoms. The zero-order chi connectivity index (χ0) is 13.0. The molecular weight excluding hydrogens is 246 g/mol. The Hall–Kier alpha value is -1.62. The van der Waals surface area contributed by atoms with Crippen LogP contribution in [0.15, 0.2) is 24.8 Å². The van der Waals surface area contributed by atoms with Crippen LogP contribution < -0.4 is 5.32 Å². The Kier molecular flexibility index (Phi) is 4.15. The number of amides is 1. The average Bonchev–Trinajstić information content (AvgIpc) is 2.98. The molecule has 5 heteroatoms. The van der Waals surface area contributed by atoms with Crippen molar-refractivity contribution in [2.45, 2.75) is 26.8 Å². The Morgan fingerprint density at radius 3 is 3.00 bits per heavy atom. The van der Waals surface area contributed by atoms with Crippen molar-refractivity contribution in [3.05, 3.63) is 40.1 Å². The van der Waals surface area contributed by atoms with E-state index < -0.39 is 0 Å². The largest absolute Gasteiger partial charge is 0.350 e. The Labute approximate surface area is 111 Å². The second-order valence-electron chi connectivity index (χ2n) is 4.10. The van der Waals surface area contributed by atoms with Gasteiger partial charge in [0.1, 0.15) is 0 Å². The summed E-state index contributed by atoms with van der Waals surface area (Å²) in [7, 11) is 0. The fraction of sp³-hybridized carbons (Fsp3) is 0.385. The van der Waals surface area contributed by atoms with Crippen molar-refractivity contribution >= 4 is 17.2 Å². The summed E-state index contributed by atoms with van der Waals surface area (Å²) in [5, 5.41) is 2.92. The van der Waals surface area contributed by atoms with Gasteiger partial charge in [0, 0.05) is 30.4 Å². The minimum atomic E-state index is 0.0166. The smallest absolute Gasteiger partial charge is 0.261 e. The van der Waals surface area contributed by atoms with Crippen molar-refractivity contribution < 1.29 is 4.79 Å². The number of thiophene rings is 1. The molecule has 0 aliphatic carbocycles. The van der Waals surface area contributed by atoms with Crippen LogP contribution in [0.25, 0.3) is 0 Å². The summed E-state index contributed by atoms with van der Waals surface area (Å²) in [4.78, 5) is 17.9. The molecule has 0 aromatic carbocycles. The summed E-state index contributed by atoms with van der Waals surface area (Å²) in [6.45, 7) is 5.53. The lowest BCUT2D eigenvalue weighted by Gasteiger charge is -2.03. The molecule has 0 fully saturated rings. The third kappa shape index (κ3) is 2.98. The minimum absolute atomic E-state index is 0.0166. The van der Waals surface area contributed by atoms with Gasteiger partial charge in [0.2, 0.25) is 0 Å². The fourth-order valence-corrected chi connectivity index (χ4v) is 2.82. The number of aromatic nitrogens is 2. The first-order valence-corrected chi connectivity index (χ1v) is 6.85. The second kappa shape index (κ2) is 5.82. The van der Waals surface area contributed by atoms with Crippen LogP contribution in [0.2, 0.25) is 0 Å². The number of nitrogens with one attached hydrogen (secondary N) is 1. The summed E-state index contributed by atoms with van der Waals surface area (Å²) in [6, 6.07) is 1.99. The lowest BCUT2D eigenvalue weighted by atomic mass is 10.2. The van der Waals surface area contributed by atoms with Gasteiger partial charge in [-0.1, -0.05) is 6.92 Å². The predicted molar refractivity (Wildman–Crippen MR) is 73.0 cm³/mol. The van der Waals surface area contributed by atoms with Gasteiger partial charge in [-0.25, -0.2) is 4.98 Å². The molecule has 1 N–H and O–H groups in total. The van der Waals surface area contributed by atoms with Gasteiger partial charge >= 0.3 is 0 Å². The molecule has 2 aromatic rings. The standard InChI is InChI=1S/C13H17N3OS/c1-3-11-8-12(18-10(11)2)13(17)15-5-7-16-6-4-14-9-16/h4,6,8-9H,3,5,7H2,1-2H3,(H,15,17). The van der Waals surface area contributed by atoms with Gasteiger partial charge in [-0.15, -0.1) is 11.3 Å². The highest BCUT2D eigenvalue weighted by Crippen LogP contribution is 2.21. The molecule has 1 amide bonds. The van der Waals surface area contributed by atoms with Gasteiger partial charge in [-0.05, 0) is 25.0 Å². The number of hydrogen-bond donors (Lipinski definition) is 1. The summed E-state index contributed by atoms with van der Waals surface area (Å²) < 4.78 is 1.94. The first kappa shape index (κ1) is 12.8. The predicted octanol–water partition coefficient (Wildman–Crippen LogP) is 2.25. The van der Waals surface area contributed by atoms with Crippen molar-refractivity contribution in [2.24, 2.45) is 0 Å². The highest BCUT2D eigenvalue weighted by molar-refractivity contribution is 7.14. The van der Waals surface area contributed by atoms with Crippen LogP contribution in [0.5, 0.6) is 0 Å². The summed E-state index contributed by atoms with van der Waals surface area (Å²) in [6.07, 6.45) is 6.34. The molecule has 0 aliphatic rings. The highest BCUT2D eigenvalue weighted by atomic mass is 32.1. The Morgan fingerprint density at radius 1 is 1.56 bits per heavy atom. The number of carbonyl (C=O) groups is 1. The number of aryl methyl sites for hydroxylation is 2. The molecule has 0 radical (unpaired) electrons. The fourth-order valence-electron chi connectivity index (χ4n) is 1.79. The maximum absolute atomic E-state index is 11.9. The second-order valence-corrected chi connectivity index (χ2v) is 5.36. The van der Waals surface area contributed by atoms with Crippen LogP contribution in [-0.2, 0) is 13.0 Å². The van der Waals surface area contributed by atoms with Crippen LogP contribution in [0, 0.1) is 6.92 Å². The van der Waals surface area contributed by atoms with E-state index in [0.717, 1.165) is 17.8 Å². The first-order chi connectivity index (χ1) is 8.70. The number of rotatable bonds is 5. The molecule has 0 saturated heterocycles. The van der Waals surface area contributed by atoms with Crippen molar-refractivity contribution in [3.63, 3.8) is 0 Å². The number of nitrogens with zero attached hydrogens (tertiary/aromatic N) is 2. The summed E-state index contributed by atoms with van der Waals surface area (Å²) >= 11 is 1.56. The molecule has 0 bridgehead atoms. The molecule has 0 spiro atoms. The van der Waals surface area contributed by atoms with Crippen LogP contribution in [0.3, 0.4) is 0 Å². The molecule has 0 saturated carbocycles. The lowest BCUT2D eigenvalue weighted by molar-refractivity contribution is 0.0956. The van der Waals surface area contributed by atoms with Gasteiger partial charge in [-0.3, -0.25) is 4.79 Å². The molecule has 0 aliphatic heterocycles. The number of hydrogen-bond acceptors (Lipinski definition) is 3. The van der Waals surface area contributed by atoms with Gasteiger partial charge in [0.25, 0.3) is 5.91 Å². The van der Waals surface area contributed by atoms with E-state index in [0.29, 0.717) is 6.54 Å². The highest BCUT2D eigenvalue weighted by Gasteiger charge is 2.10. The van der Waals surface area contributed by atoms with E-state index in [2.05, 4.69) is 24.1 Å². The van der Waals surface area contributed by atoms with Gasteiger partial charge < -0.3 is 9.88 Å². The van der Waals surface area contributed by atoms with Crippen LogP contribution >= 0.6 is 11.3 Å². The van der Waals surface area contributed by atoms with E-state index in [1.165, 1.54) is 10.4 Å². The van der Waals surface area contributed by atoms with Gasteiger partial charge in [-0.2, -0.15) is 0 Å². The Bertz CT molecular complexity index is 516. The van der Waals surface area contributed by atoms with Crippen molar-refractivity contribution in [3.8, 4) is 0 Å².